The zero-order valence-electron chi connectivity index (χ0n) is 17.4. The summed E-state index contributed by atoms with van der Waals surface area (Å²) < 4.78 is 23.2. The Balaban J connectivity index is 1.47. The van der Waals surface area contributed by atoms with Gasteiger partial charge in [0, 0.05) is 24.2 Å². The molecule has 0 bridgehead atoms. The molecule has 1 saturated heterocycles. The van der Waals surface area contributed by atoms with Crippen LogP contribution in [0.2, 0.25) is 5.02 Å². The predicted octanol–water partition coefficient (Wildman–Crippen LogP) is 3.79. The second-order valence-corrected chi connectivity index (χ2v) is 8.77. The first kappa shape index (κ1) is 20.4. The molecule has 0 unspecified atom stereocenters. The minimum atomic E-state index is -0.444. The molecule has 0 amide bonds. The van der Waals surface area contributed by atoms with Crippen LogP contribution in [0, 0.1) is 19.7 Å². The molecule has 2 heterocycles. The van der Waals surface area contributed by atoms with Gasteiger partial charge in [0.15, 0.2) is 11.6 Å². The number of hydrogen-bond acceptors (Lipinski definition) is 5. The molecular formula is C23H24ClFN4O2. The molecule has 0 radical (unpaired) electrons. The summed E-state index contributed by atoms with van der Waals surface area (Å²) in [5, 5.41) is 18.7. The standard InChI is InChI=1S/C23H24ClFN4O2/c1-13-26-27-14(2)29(13)17-5-6-22(20(25)11-17)31-23-19-10-16(24)4-3-15(19)9-21(23)28-8-7-18(30)12-28/h3-6,10-11,18,21,23,30H,7-9,12H2,1-2H3/t18-,21+,23+/m1/s1. The van der Waals surface area contributed by atoms with Crippen molar-refractivity contribution in [3.63, 3.8) is 0 Å². The number of fused-ring (bicyclic) bond motifs is 1. The van der Waals surface area contributed by atoms with Gasteiger partial charge in [-0.25, -0.2) is 4.39 Å². The number of aliphatic hydroxyl groups is 1. The average Bonchev–Trinajstić information content (AvgIpc) is 3.41. The lowest BCUT2D eigenvalue weighted by Crippen LogP contribution is -2.39. The third-order valence-electron chi connectivity index (χ3n) is 6.27. The third-order valence-corrected chi connectivity index (χ3v) is 6.51. The van der Waals surface area contributed by atoms with E-state index in [-0.39, 0.29) is 24.0 Å². The molecule has 1 aliphatic carbocycles. The van der Waals surface area contributed by atoms with E-state index in [4.69, 9.17) is 16.3 Å². The predicted molar refractivity (Wildman–Crippen MR) is 115 cm³/mol. The van der Waals surface area contributed by atoms with Crippen LogP contribution < -0.4 is 4.74 Å². The highest BCUT2D eigenvalue weighted by atomic mass is 35.5. The SMILES string of the molecule is Cc1nnc(C)n1-c1ccc(O[C@H]2c3cc(Cl)ccc3C[C@@H]2N2CC[C@@H](O)C2)c(F)c1. The van der Waals surface area contributed by atoms with Gasteiger partial charge in [0.1, 0.15) is 17.8 Å². The highest BCUT2D eigenvalue weighted by Crippen LogP contribution is 2.41. The fourth-order valence-corrected chi connectivity index (χ4v) is 4.97. The van der Waals surface area contributed by atoms with E-state index >= 15 is 4.39 Å². The molecule has 2 aliphatic rings. The van der Waals surface area contributed by atoms with Crippen LogP contribution in [0.3, 0.4) is 0 Å². The summed E-state index contributed by atoms with van der Waals surface area (Å²) in [4.78, 5) is 2.24. The molecule has 6 nitrogen and oxygen atoms in total. The Bertz CT molecular complexity index is 1120. The van der Waals surface area contributed by atoms with Gasteiger partial charge in [-0.2, -0.15) is 0 Å². The van der Waals surface area contributed by atoms with Gasteiger partial charge in [0.2, 0.25) is 0 Å². The lowest BCUT2D eigenvalue weighted by atomic mass is 10.1. The number of hydrogen-bond donors (Lipinski definition) is 1. The first-order valence-corrected chi connectivity index (χ1v) is 10.8. The zero-order valence-corrected chi connectivity index (χ0v) is 18.2. The van der Waals surface area contributed by atoms with Crippen molar-refractivity contribution >= 4 is 11.6 Å². The Morgan fingerprint density at radius 2 is 1.90 bits per heavy atom. The summed E-state index contributed by atoms with van der Waals surface area (Å²) in [6, 6.07) is 10.7. The summed E-state index contributed by atoms with van der Waals surface area (Å²) in [6.07, 6.45) is 0.820. The van der Waals surface area contributed by atoms with E-state index in [1.165, 1.54) is 6.07 Å². The van der Waals surface area contributed by atoms with Gasteiger partial charge in [-0.15, -0.1) is 10.2 Å². The molecule has 2 aromatic carbocycles. The molecule has 8 heteroatoms. The van der Waals surface area contributed by atoms with Crippen molar-refractivity contribution in [2.45, 2.75) is 44.9 Å². The van der Waals surface area contributed by atoms with Crippen LogP contribution in [0.5, 0.6) is 5.75 Å². The minimum absolute atomic E-state index is 0.0204. The molecular weight excluding hydrogens is 419 g/mol. The molecule has 1 aliphatic heterocycles. The highest BCUT2D eigenvalue weighted by molar-refractivity contribution is 6.30. The van der Waals surface area contributed by atoms with Crippen LogP contribution >= 0.6 is 11.6 Å². The smallest absolute Gasteiger partial charge is 0.167 e. The van der Waals surface area contributed by atoms with Gasteiger partial charge in [-0.1, -0.05) is 17.7 Å². The Labute approximate surface area is 185 Å². The van der Waals surface area contributed by atoms with Crippen molar-refractivity contribution < 1.29 is 14.2 Å². The Kier molecular flexibility index (Phi) is 5.20. The monoisotopic (exact) mass is 442 g/mol. The van der Waals surface area contributed by atoms with Crippen molar-refractivity contribution in [1.29, 1.82) is 0 Å². The first-order chi connectivity index (χ1) is 14.9. The highest BCUT2D eigenvalue weighted by Gasteiger charge is 2.40. The number of β-amino-alcohol motifs (C(OH)–C–C–N with tert-alkyl or cyclic N) is 1. The molecule has 1 aromatic heterocycles. The molecule has 0 saturated carbocycles. The Hall–Kier alpha value is -2.48. The lowest BCUT2D eigenvalue weighted by molar-refractivity contribution is 0.0790. The topological polar surface area (TPSA) is 63.4 Å². The summed E-state index contributed by atoms with van der Waals surface area (Å²) in [5.74, 6) is 1.13. The fraction of sp³-hybridized carbons (Fsp3) is 0.391. The lowest BCUT2D eigenvalue weighted by Gasteiger charge is -2.30. The van der Waals surface area contributed by atoms with Crippen LogP contribution in [0.15, 0.2) is 36.4 Å². The van der Waals surface area contributed by atoms with Gasteiger partial charge >= 0.3 is 0 Å². The van der Waals surface area contributed by atoms with Crippen molar-refractivity contribution in [2.75, 3.05) is 13.1 Å². The number of nitrogens with zero attached hydrogens (tertiary/aromatic N) is 4. The quantitative estimate of drug-likeness (QED) is 0.666. The number of likely N-dealkylation sites (tertiary alicyclic amines) is 1. The van der Waals surface area contributed by atoms with E-state index in [9.17, 15) is 5.11 Å². The van der Waals surface area contributed by atoms with Crippen LogP contribution in [-0.4, -0.2) is 50.0 Å². The van der Waals surface area contributed by atoms with Crippen molar-refractivity contribution in [2.24, 2.45) is 0 Å². The minimum Gasteiger partial charge on any atom is -0.481 e. The molecule has 3 atom stereocenters. The van der Waals surface area contributed by atoms with Gasteiger partial charge < -0.3 is 9.84 Å². The van der Waals surface area contributed by atoms with Crippen molar-refractivity contribution in [3.8, 4) is 11.4 Å². The fourth-order valence-electron chi connectivity index (χ4n) is 4.79. The average molecular weight is 443 g/mol. The molecule has 5 rings (SSSR count). The van der Waals surface area contributed by atoms with Gasteiger partial charge in [-0.3, -0.25) is 9.47 Å². The summed E-state index contributed by atoms with van der Waals surface area (Å²) >= 11 is 6.26. The second kappa shape index (κ2) is 7.89. The van der Waals surface area contributed by atoms with E-state index in [1.54, 1.807) is 10.6 Å². The largest absolute Gasteiger partial charge is 0.481 e. The Morgan fingerprint density at radius 3 is 2.58 bits per heavy atom. The van der Waals surface area contributed by atoms with E-state index in [2.05, 4.69) is 15.1 Å². The summed E-state index contributed by atoms with van der Waals surface area (Å²) in [7, 11) is 0. The third kappa shape index (κ3) is 3.71. The maximum Gasteiger partial charge on any atom is 0.167 e. The Morgan fingerprint density at radius 1 is 1.13 bits per heavy atom. The van der Waals surface area contributed by atoms with Gasteiger partial charge in [-0.05, 0) is 62.1 Å². The molecule has 1 N–H and O–H groups in total. The number of halogens is 2. The summed E-state index contributed by atoms with van der Waals surface area (Å²) in [5.41, 5.74) is 2.78. The van der Waals surface area contributed by atoms with E-state index in [0.717, 1.165) is 30.5 Å². The molecule has 162 valence electrons. The van der Waals surface area contributed by atoms with Gasteiger partial charge in [0.05, 0.1) is 17.8 Å². The number of benzene rings is 2. The number of aryl methyl sites for hydroxylation is 2. The maximum absolute atomic E-state index is 15.1. The number of aliphatic hydroxyl groups excluding tert-OH is 1. The van der Waals surface area contributed by atoms with Crippen LogP contribution in [0.4, 0.5) is 4.39 Å². The molecule has 31 heavy (non-hydrogen) atoms. The molecule has 3 aromatic rings. The van der Waals surface area contributed by atoms with Crippen LogP contribution in [-0.2, 0) is 6.42 Å². The summed E-state index contributed by atoms with van der Waals surface area (Å²) in [6.45, 7) is 5.05. The number of rotatable bonds is 4. The molecule has 0 spiro atoms. The number of ether oxygens (including phenoxy) is 1. The van der Waals surface area contributed by atoms with E-state index in [0.29, 0.717) is 28.9 Å². The van der Waals surface area contributed by atoms with E-state index < -0.39 is 5.82 Å². The number of aromatic nitrogens is 3. The zero-order chi connectivity index (χ0) is 21.7. The first-order valence-electron chi connectivity index (χ1n) is 10.5. The molecule has 1 fully saturated rings. The van der Waals surface area contributed by atoms with Gasteiger partial charge in [0.25, 0.3) is 0 Å². The van der Waals surface area contributed by atoms with Crippen LogP contribution in [0.25, 0.3) is 5.69 Å². The normalized spacial score (nSPS) is 23.3. The maximum atomic E-state index is 15.1. The second-order valence-electron chi connectivity index (χ2n) is 8.34. The van der Waals surface area contributed by atoms with Crippen molar-refractivity contribution in [1.82, 2.24) is 19.7 Å². The van der Waals surface area contributed by atoms with E-state index in [1.807, 2.05) is 38.1 Å². The van der Waals surface area contributed by atoms with Crippen LogP contribution in [0.1, 0.15) is 35.3 Å². The van der Waals surface area contributed by atoms with Crippen molar-refractivity contribution in [3.05, 3.63) is 70.0 Å².